The van der Waals surface area contributed by atoms with Crippen LogP contribution in [0.25, 0.3) is 0 Å². The molecule has 2 rings (SSSR count). The van der Waals surface area contributed by atoms with E-state index in [4.69, 9.17) is 5.73 Å². The van der Waals surface area contributed by atoms with Crippen LogP contribution in [0, 0.1) is 12.8 Å². The third kappa shape index (κ3) is 5.13. The molecule has 0 saturated carbocycles. The van der Waals surface area contributed by atoms with E-state index in [1.54, 1.807) is 0 Å². The van der Waals surface area contributed by atoms with Gasteiger partial charge in [0.15, 0.2) is 0 Å². The summed E-state index contributed by atoms with van der Waals surface area (Å²) >= 11 is 0. The van der Waals surface area contributed by atoms with E-state index in [9.17, 15) is 0 Å². The predicted molar refractivity (Wildman–Crippen MR) is 102 cm³/mol. The fourth-order valence-corrected chi connectivity index (χ4v) is 3.45. The number of hydrogen-bond acceptors (Lipinski definition) is 1. The lowest BCUT2D eigenvalue weighted by molar-refractivity contribution is 0.407. The van der Waals surface area contributed by atoms with Gasteiger partial charge in [-0.25, -0.2) is 0 Å². The Kier molecular flexibility index (Phi) is 6.70. The van der Waals surface area contributed by atoms with Crippen LogP contribution in [-0.4, -0.2) is 0 Å². The first-order chi connectivity index (χ1) is 11.1. The highest BCUT2D eigenvalue weighted by Crippen LogP contribution is 2.33. The van der Waals surface area contributed by atoms with Gasteiger partial charge in [0.1, 0.15) is 0 Å². The summed E-state index contributed by atoms with van der Waals surface area (Å²) in [7, 11) is 0. The van der Waals surface area contributed by atoms with Crippen LogP contribution < -0.4 is 5.73 Å². The van der Waals surface area contributed by atoms with Gasteiger partial charge in [-0.15, -0.1) is 0 Å². The van der Waals surface area contributed by atoms with Crippen molar-refractivity contribution >= 4 is 5.69 Å². The fourth-order valence-electron chi connectivity index (χ4n) is 3.45. The molecule has 2 unspecified atom stereocenters. The topological polar surface area (TPSA) is 26.0 Å². The summed E-state index contributed by atoms with van der Waals surface area (Å²) in [5.41, 5.74) is 11.0. The largest absolute Gasteiger partial charge is 0.399 e. The first kappa shape index (κ1) is 17.6. The van der Waals surface area contributed by atoms with Gasteiger partial charge in [0.2, 0.25) is 0 Å². The van der Waals surface area contributed by atoms with Crippen LogP contribution in [-0.2, 0) is 6.42 Å². The lowest BCUT2D eigenvalue weighted by Crippen LogP contribution is -2.14. The van der Waals surface area contributed by atoms with Crippen molar-refractivity contribution < 1.29 is 0 Å². The first-order valence-corrected chi connectivity index (χ1v) is 9.01. The van der Waals surface area contributed by atoms with Crippen LogP contribution in [0.3, 0.4) is 0 Å². The Hall–Kier alpha value is -1.76. The highest BCUT2D eigenvalue weighted by Gasteiger charge is 2.20. The van der Waals surface area contributed by atoms with Crippen molar-refractivity contribution in [2.24, 2.45) is 5.92 Å². The molecule has 1 heteroatoms. The second-order valence-electron chi connectivity index (χ2n) is 6.88. The van der Waals surface area contributed by atoms with Gasteiger partial charge in [0.05, 0.1) is 0 Å². The third-order valence-electron chi connectivity index (χ3n) is 4.98. The molecule has 0 aliphatic carbocycles. The van der Waals surface area contributed by atoms with Gasteiger partial charge in [0.25, 0.3) is 0 Å². The molecule has 1 nitrogen and oxygen atoms in total. The molecule has 0 radical (unpaired) electrons. The highest BCUT2D eigenvalue weighted by molar-refractivity contribution is 5.44. The maximum absolute atomic E-state index is 5.91. The van der Waals surface area contributed by atoms with E-state index in [2.05, 4.69) is 63.2 Å². The number of hydrogen-bond donors (Lipinski definition) is 1. The molecule has 2 aromatic carbocycles. The number of nitrogens with two attached hydrogens (primary N) is 1. The lowest BCUT2D eigenvalue weighted by atomic mass is 9.79. The molecule has 0 aliphatic heterocycles. The van der Waals surface area contributed by atoms with E-state index in [1.165, 1.54) is 42.4 Å². The second kappa shape index (κ2) is 8.76. The number of unbranched alkanes of at least 4 members (excludes halogenated alkanes) is 2. The average molecular weight is 309 g/mol. The summed E-state index contributed by atoms with van der Waals surface area (Å²) in [6.45, 7) is 6.87. The van der Waals surface area contributed by atoms with Gasteiger partial charge in [0, 0.05) is 5.69 Å². The Balaban J connectivity index is 2.19. The zero-order chi connectivity index (χ0) is 16.7. The van der Waals surface area contributed by atoms with Crippen LogP contribution in [0.15, 0.2) is 48.5 Å². The SMILES string of the molecule is CCCCCC(C)C(Cc1ccc(N)cc1C)c1ccccc1. The smallest absolute Gasteiger partial charge is 0.0316 e. The summed E-state index contributed by atoms with van der Waals surface area (Å²) in [4.78, 5) is 0. The maximum atomic E-state index is 5.91. The van der Waals surface area contributed by atoms with E-state index >= 15 is 0 Å². The molecule has 0 aromatic heterocycles. The predicted octanol–water partition coefficient (Wildman–Crippen LogP) is 6.12. The monoisotopic (exact) mass is 309 g/mol. The summed E-state index contributed by atoms with van der Waals surface area (Å²) < 4.78 is 0. The third-order valence-corrected chi connectivity index (χ3v) is 4.98. The maximum Gasteiger partial charge on any atom is 0.0316 e. The number of benzene rings is 2. The first-order valence-electron chi connectivity index (χ1n) is 9.01. The van der Waals surface area contributed by atoms with Crippen LogP contribution in [0.5, 0.6) is 0 Å². The van der Waals surface area contributed by atoms with Crippen molar-refractivity contribution in [3.05, 3.63) is 65.2 Å². The Morgan fingerprint density at radius 2 is 1.74 bits per heavy atom. The zero-order valence-electron chi connectivity index (χ0n) is 14.9. The van der Waals surface area contributed by atoms with Gasteiger partial charge in [-0.1, -0.05) is 75.9 Å². The molecule has 23 heavy (non-hydrogen) atoms. The molecule has 2 N–H and O–H groups in total. The second-order valence-corrected chi connectivity index (χ2v) is 6.88. The van der Waals surface area contributed by atoms with Crippen molar-refractivity contribution in [2.45, 2.75) is 58.8 Å². The molecule has 0 heterocycles. The molecule has 0 bridgehead atoms. The van der Waals surface area contributed by atoms with Gasteiger partial charge in [-0.05, 0) is 54.0 Å². The fraction of sp³-hybridized carbons (Fsp3) is 0.455. The minimum atomic E-state index is 0.579. The Bertz CT molecular complexity index is 588. The number of nitrogen functional groups attached to an aromatic ring is 1. The van der Waals surface area contributed by atoms with Crippen LogP contribution in [0.2, 0.25) is 0 Å². The van der Waals surface area contributed by atoms with E-state index in [-0.39, 0.29) is 0 Å². The van der Waals surface area contributed by atoms with Gasteiger partial charge in [-0.2, -0.15) is 0 Å². The van der Waals surface area contributed by atoms with E-state index in [0.717, 1.165) is 12.1 Å². The van der Waals surface area contributed by atoms with E-state index in [0.29, 0.717) is 11.8 Å². The lowest BCUT2D eigenvalue weighted by Gasteiger charge is -2.25. The quantitative estimate of drug-likeness (QED) is 0.461. The highest BCUT2D eigenvalue weighted by atomic mass is 14.5. The van der Waals surface area contributed by atoms with Gasteiger partial charge in [-0.3, -0.25) is 0 Å². The van der Waals surface area contributed by atoms with Gasteiger partial charge >= 0.3 is 0 Å². The normalized spacial score (nSPS) is 13.7. The van der Waals surface area contributed by atoms with Crippen molar-refractivity contribution in [3.8, 4) is 0 Å². The molecule has 0 spiro atoms. The molecule has 0 saturated heterocycles. The number of anilines is 1. The van der Waals surface area contributed by atoms with Crippen molar-refractivity contribution in [1.82, 2.24) is 0 Å². The Morgan fingerprint density at radius 1 is 1.00 bits per heavy atom. The van der Waals surface area contributed by atoms with Crippen LogP contribution in [0.1, 0.15) is 62.1 Å². The van der Waals surface area contributed by atoms with Crippen LogP contribution >= 0.6 is 0 Å². The minimum absolute atomic E-state index is 0.579. The van der Waals surface area contributed by atoms with E-state index in [1.807, 2.05) is 6.07 Å². The summed E-state index contributed by atoms with van der Waals surface area (Å²) in [5, 5.41) is 0. The van der Waals surface area contributed by atoms with Crippen molar-refractivity contribution in [1.29, 1.82) is 0 Å². The zero-order valence-corrected chi connectivity index (χ0v) is 14.9. The average Bonchev–Trinajstić information content (AvgIpc) is 2.55. The molecular formula is C22H31N. The molecule has 2 atom stereocenters. The minimum Gasteiger partial charge on any atom is -0.399 e. The summed E-state index contributed by atoms with van der Waals surface area (Å²) in [6, 6.07) is 17.3. The number of rotatable bonds is 8. The Morgan fingerprint density at radius 3 is 2.39 bits per heavy atom. The summed E-state index contributed by atoms with van der Waals surface area (Å²) in [6.07, 6.45) is 6.37. The Labute approximate surface area is 141 Å². The van der Waals surface area contributed by atoms with E-state index < -0.39 is 0 Å². The molecule has 0 aliphatic rings. The van der Waals surface area contributed by atoms with Crippen LogP contribution in [0.4, 0.5) is 5.69 Å². The molecule has 2 aromatic rings. The molecule has 0 fully saturated rings. The van der Waals surface area contributed by atoms with Gasteiger partial charge < -0.3 is 5.73 Å². The molecule has 0 amide bonds. The molecule has 124 valence electrons. The van der Waals surface area contributed by atoms with Crippen molar-refractivity contribution in [2.75, 3.05) is 5.73 Å². The standard InChI is InChI=1S/C22H31N/c1-4-5-7-10-17(2)22(19-11-8-6-9-12-19)16-20-13-14-21(23)15-18(20)3/h6,8-9,11-15,17,22H,4-5,7,10,16,23H2,1-3H3. The summed E-state index contributed by atoms with van der Waals surface area (Å²) in [5.74, 6) is 1.27. The number of aryl methyl sites for hydroxylation is 1. The van der Waals surface area contributed by atoms with Crippen molar-refractivity contribution in [3.63, 3.8) is 0 Å². The molecular weight excluding hydrogens is 278 g/mol.